The van der Waals surface area contributed by atoms with Crippen molar-refractivity contribution in [2.75, 3.05) is 26.3 Å². The van der Waals surface area contributed by atoms with Crippen LogP contribution in [0.4, 0.5) is 0 Å². The number of ether oxygens (including phenoxy) is 2. The SMILES string of the molecule is CCC1CCCCC1OCCNCC1CCCO1. The lowest BCUT2D eigenvalue weighted by Crippen LogP contribution is -2.33. The second-order valence-corrected chi connectivity index (χ2v) is 5.70. The van der Waals surface area contributed by atoms with Crippen molar-refractivity contribution in [1.82, 2.24) is 5.32 Å². The third-order valence-electron chi connectivity index (χ3n) is 4.37. The van der Waals surface area contributed by atoms with Crippen LogP contribution in [0.2, 0.25) is 0 Å². The number of hydrogen-bond donors (Lipinski definition) is 1. The molecule has 0 aromatic heterocycles. The summed E-state index contributed by atoms with van der Waals surface area (Å²) in [5, 5.41) is 3.45. The molecule has 1 heterocycles. The van der Waals surface area contributed by atoms with Crippen molar-refractivity contribution in [2.45, 2.75) is 64.1 Å². The van der Waals surface area contributed by atoms with E-state index < -0.39 is 0 Å². The second kappa shape index (κ2) is 8.13. The van der Waals surface area contributed by atoms with Gasteiger partial charge in [-0.2, -0.15) is 0 Å². The van der Waals surface area contributed by atoms with E-state index in [0.717, 1.165) is 32.2 Å². The highest BCUT2D eigenvalue weighted by atomic mass is 16.5. The first-order chi connectivity index (χ1) is 8.90. The zero-order chi connectivity index (χ0) is 12.6. The van der Waals surface area contributed by atoms with Gasteiger partial charge in [0.25, 0.3) is 0 Å². The van der Waals surface area contributed by atoms with E-state index in [9.17, 15) is 0 Å². The third kappa shape index (κ3) is 4.52. The zero-order valence-electron chi connectivity index (χ0n) is 11.8. The summed E-state index contributed by atoms with van der Waals surface area (Å²) in [6.07, 6.45) is 10.1. The normalized spacial score (nSPS) is 32.8. The Labute approximate surface area is 112 Å². The zero-order valence-corrected chi connectivity index (χ0v) is 11.8. The molecule has 0 aromatic carbocycles. The van der Waals surface area contributed by atoms with Gasteiger partial charge in [0.2, 0.25) is 0 Å². The molecule has 3 heteroatoms. The molecule has 106 valence electrons. The highest BCUT2D eigenvalue weighted by Gasteiger charge is 2.23. The Morgan fingerprint density at radius 2 is 2.06 bits per heavy atom. The van der Waals surface area contributed by atoms with Gasteiger partial charge in [-0.1, -0.05) is 26.2 Å². The first kappa shape index (κ1) is 14.3. The van der Waals surface area contributed by atoms with Crippen molar-refractivity contribution in [1.29, 1.82) is 0 Å². The van der Waals surface area contributed by atoms with Crippen LogP contribution < -0.4 is 5.32 Å². The Hall–Kier alpha value is -0.120. The molecule has 1 aliphatic carbocycles. The van der Waals surface area contributed by atoms with Crippen LogP contribution in [0.15, 0.2) is 0 Å². The minimum absolute atomic E-state index is 0.447. The Morgan fingerprint density at radius 1 is 1.17 bits per heavy atom. The lowest BCUT2D eigenvalue weighted by Gasteiger charge is -2.30. The van der Waals surface area contributed by atoms with Crippen LogP contribution in [-0.2, 0) is 9.47 Å². The molecule has 2 rings (SSSR count). The quantitative estimate of drug-likeness (QED) is 0.710. The number of hydrogen-bond acceptors (Lipinski definition) is 3. The Bertz CT molecular complexity index is 217. The minimum Gasteiger partial charge on any atom is -0.377 e. The Kier molecular flexibility index (Phi) is 6.46. The summed E-state index contributed by atoms with van der Waals surface area (Å²) in [4.78, 5) is 0. The van der Waals surface area contributed by atoms with Crippen LogP contribution >= 0.6 is 0 Å². The maximum atomic E-state index is 6.05. The molecule has 0 amide bonds. The molecule has 3 unspecified atom stereocenters. The fraction of sp³-hybridized carbons (Fsp3) is 1.00. The molecule has 0 bridgehead atoms. The van der Waals surface area contributed by atoms with Gasteiger partial charge in [-0.15, -0.1) is 0 Å². The predicted molar refractivity (Wildman–Crippen MR) is 73.8 cm³/mol. The van der Waals surface area contributed by atoms with Gasteiger partial charge in [0.05, 0.1) is 18.8 Å². The van der Waals surface area contributed by atoms with E-state index in [-0.39, 0.29) is 0 Å². The van der Waals surface area contributed by atoms with Crippen molar-refractivity contribution in [3.8, 4) is 0 Å². The molecular weight excluding hydrogens is 226 g/mol. The molecule has 1 aliphatic heterocycles. The van der Waals surface area contributed by atoms with Gasteiger partial charge in [-0.05, 0) is 31.6 Å². The van der Waals surface area contributed by atoms with Crippen LogP contribution in [0.1, 0.15) is 51.9 Å². The first-order valence-corrected chi connectivity index (χ1v) is 7.84. The maximum Gasteiger partial charge on any atom is 0.0700 e. The third-order valence-corrected chi connectivity index (χ3v) is 4.37. The van der Waals surface area contributed by atoms with Crippen LogP contribution in [0.5, 0.6) is 0 Å². The molecule has 1 N–H and O–H groups in total. The highest BCUT2D eigenvalue weighted by Crippen LogP contribution is 2.28. The van der Waals surface area contributed by atoms with Crippen molar-refractivity contribution in [2.24, 2.45) is 5.92 Å². The lowest BCUT2D eigenvalue weighted by atomic mass is 9.85. The molecule has 0 aromatic rings. The van der Waals surface area contributed by atoms with E-state index in [1.54, 1.807) is 0 Å². The van der Waals surface area contributed by atoms with E-state index in [0.29, 0.717) is 12.2 Å². The number of rotatable bonds is 7. The van der Waals surface area contributed by atoms with E-state index in [2.05, 4.69) is 12.2 Å². The summed E-state index contributed by atoms with van der Waals surface area (Å²) < 4.78 is 11.6. The minimum atomic E-state index is 0.447. The maximum absolute atomic E-state index is 6.05. The summed E-state index contributed by atoms with van der Waals surface area (Å²) in [6.45, 7) is 6.05. The molecule has 0 spiro atoms. The summed E-state index contributed by atoms with van der Waals surface area (Å²) in [7, 11) is 0. The summed E-state index contributed by atoms with van der Waals surface area (Å²) >= 11 is 0. The van der Waals surface area contributed by atoms with E-state index >= 15 is 0 Å². The van der Waals surface area contributed by atoms with Gasteiger partial charge < -0.3 is 14.8 Å². The predicted octanol–water partition coefficient (Wildman–Crippen LogP) is 2.74. The lowest BCUT2D eigenvalue weighted by molar-refractivity contribution is -0.0110. The van der Waals surface area contributed by atoms with Crippen LogP contribution in [-0.4, -0.2) is 38.5 Å². The fourth-order valence-corrected chi connectivity index (χ4v) is 3.21. The smallest absolute Gasteiger partial charge is 0.0700 e. The molecule has 1 saturated heterocycles. The molecule has 2 fully saturated rings. The molecular formula is C15H29NO2. The van der Waals surface area contributed by atoms with Gasteiger partial charge in [-0.25, -0.2) is 0 Å². The highest BCUT2D eigenvalue weighted by molar-refractivity contribution is 4.75. The van der Waals surface area contributed by atoms with Gasteiger partial charge in [-0.3, -0.25) is 0 Å². The topological polar surface area (TPSA) is 30.5 Å². The molecule has 2 aliphatic rings. The molecule has 3 nitrogen and oxygen atoms in total. The molecule has 3 atom stereocenters. The van der Waals surface area contributed by atoms with Gasteiger partial charge in [0.15, 0.2) is 0 Å². The van der Waals surface area contributed by atoms with Crippen LogP contribution in [0.3, 0.4) is 0 Å². The van der Waals surface area contributed by atoms with Gasteiger partial charge >= 0.3 is 0 Å². The Balaban J connectivity index is 1.51. The first-order valence-electron chi connectivity index (χ1n) is 7.84. The average Bonchev–Trinajstić information content (AvgIpc) is 2.92. The summed E-state index contributed by atoms with van der Waals surface area (Å²) in [5.74, 6) is 0.803. The average molecular weight is 255 g/mol. The number of nitrogens with one attached hydrogen (secondary N) is 1. The summed E-state index contributed by atoms with van der Waals surface area (Å²) in [5.41, 5.74) is 0. The van der Waals surface area contributed by atoms with Crippen molar-refractivity contribution < 1.29 is 9.47 Å². The molecule has 0 radical (unpaired) electrons. The van der Waals surface area contributed by atoms with Gasteiger partial charge in [0, 0.05) is 19.7 Å². The van der Waals surface area contributed by atoms with E-state index in [1.165, 1.54) is 44.9 Å². The van der Waals surface area contributed by atoms with Crippen molar-refractivity contribution in [3.63, 3.8) is 0 Å². The fourth-order valence-electron chi connectivity index (χ4n) is 3.21. The monoisotopic (exact) mass is 255 g/mol. The van der Waals surface area contributed by atoms with Gasteiger partial charge in [0.1, 0.15) is 0 Å². The van der Waals surface area contributed by atoms with Crippen molar-refractivity contribution >= 4 is 0 Å². The summed E-state index contributed by atoms with van der Waals surface area (Å²) in [6, 6.07) is 0. The standard InChI is InChI=1S/C15H29NO2/c1-2-13-6-3-4-8-15(13)18-11-9-16-12-14-7-5-10-17-14/h13-16H,2-12H2,1H3. The molecule has 1 saturated carbocycles. The van der Waals surface area contributed by atoms with Crippen molar-refractivity contribution in [3.05, 3.63) is 0 Å². The van der Waals surface area contributed by atoms with Crippen LogP contribution in [0, 0.1) is 5.92 Å². The Morgan fingerprint density at radius 3 is 2.83 bits per heavy atom. The molecule has 18 heavy (non-hydrogen) atoms. The van der Waals surface area contributed by atoms with E-state index in [4.69, 9.17) is 9.47 Å². The second-order valence-electron chi connectivity index (χ2n) is 5.70. The van der Waals surface area contributed by atoms with E-state index in [1.807, 2.05) is 0 Å². The van der Waals surface area contributed by atoms with Crippen LogP contribution in [0.25, 0.3) is 0 Å². The largest absolute Gasteiger partial charge is 0.377 e.